The maximum atomic E-state index is 11.9. The number of rotatable bonds is 6. The molecule has 108 valence electrons. The summed E-state index contributed by atoms with van der Waals surface area (Å²) in [5.74, 6) is -0.224. The second-order valence-electron chi connectivity index (χ2n) is 4.94. The van der Waals surface area contributed by atoms with Crippen molar-refractivity contribution in [2.75, 3.05) is 6.61 Å². The molecule has 5 heteroatoms. The molecular weight excluding hydrogens is 324 g/mol. The van der Waals surface area contributed by atoms with E-state index in [1.54, 1.807) is 0 Å². The molecule has 0 aromatic heterocycles. The number of unbranched alkanes of at least 4 members (excludes halogenated alkanes) is 1. The number of hydrogen-bond donors (Lipinski definition) is 1. The number of esters is 1. The van der Waals surface area contributed by atoms with Gasteiger partial charge in [0.1, 0.15) is 12.0 Å². The van der Waals surface area contributed by atoms with Crippen molar-refractivity contribution in [3.05, 3.63) is 29.3 Å². The smallest absolute Gasteiger partial charge is 0.316 e. The van der Waals surface area contributed by atoms with Gasteiger partial charge >= 0.3 is 5.97 Å². The van der Waals surface area contributed by atoms with E-state index >= 15 is 0 Å². The van der Waals surface area contributed by atoms with E-state index in [-0.39, 0.29) is 12.6 Å². The molecule has 0 radical (unpaired) electrons. The standard InChI is InChI=1S/C15H17BrO4/c16-13(9-18)12-8-11-5-4-10(3-1-2-6-17)7-14(11)20-15(12)19/h4-5,7,9,12-13,17H,1-3,6,8H2. The van der Waals surface area contributed by atoms with Gasteiger partial charge in [0.2, 0.25) is 0 Å². The van der Waals surface area contributed by atoms with Crippen LogP contribution in [-0.4, -0.2) is 28.8 Å². The average molecular weight is 341 g/mol. The van der Waals surface area contributed by atoms with Crippen molar-refractivity contribution in [1.29, 1.82) is 0 Å². The van der Waals surface area contributed by atoms with Crippen LogP contribution < -0.4 is 4.74 Å². The van der Waals surface area contributed by atoms with Crippen LogP contribution in [0.15, 0.2) is 18.2 Å². The Labute approximate surface area is 126 Å². The fourth-order valence-corrected chi connectivity index (χ4v) is 2.70. The highest BCUT2D eigenvalue weighted by atomic mass is 79.9. The molecule has 0 fully saturated rings. The van der Waals surface area contributed by atoms with Crippen LogP contribution in [0.2, 0.25) is 0 Å². The third kappa shape index (κ3) is 3.46. The minimum atomic E-state index is -0.507. The first-order valence-corrected chi connectivity index (χ1v) is 7.61. The highest BCUT2D eigenvalue weighted by Crippen LogP contribution is 2.32. The van der Waals surface area contributed by atoms with Crippen molar-refractivity contribution in [2.45, 2.75) is 30.5 Å². The SMILES string of the molecule is O=CC(Br)C1Cc2ccc(CCCCO)cc2OC1=O. The summed E-state index contributed by atoms with van der Waals surface area (Å²) < 4.78 is 5.34. The molecule has 1 N–H and O–H groups in total. The van der Waals surface area contributed by atoms with Gasteiger partial charge in [-0.1, -0.05) is 28.1 Å². The normalized spacial score (nSPS) is 19.1. The lowest BCUT2D eigenvalue weighted by Crippen LogP contribution is -2.34. The Kier molecular flexibility index (Phi) is 5.31. The Hall–Kier alpha value is -1.20. The minimum Gasteiger partial charge on any atom is -0.426 e. The lowest BCUT2D eigenvalue weighted by atomic mass is 9.92. The number of aliphatic hydroxyl groups excluding tert-OH is 1. The third-order valence-electron chi connectivity index (χ3n) is 3.47. The van der Waals surface area contributed by atoms with Gasteiger partial charge in [0.25, 0.3) is 0 Å². The molecule has 0 amide bonds. The van der Waals surface area contributed by atoms with Crippen molar-refractivity contribution < 1.29 is 19.4 Å². The first kappa shape index (κ1) is 15.2. The molecule has 0 aliphatic carbocycles. The minimum absolute atomic E-state index is 0.194. The predicted molar refractivity (Wildman–Crippen MR) is 78.1 cm³/mol. The number of aryl methyl sites for hydroxylation is 1. The summed E-state index contributed by atoms with van der Waals surface area (Å²) in [6.45, 7) is 0.194. The Balaban J connectivity index is 2.11. The van der Waals surface area contributed by atoms with Gasteiger partial charge in [-0.05, 0) is 42.9 Å². The van der Waals surface area contributed by atoms with Crippen LogP contribution >= 0.6 is 15.9 Å². The molecule has 2 atom stereocenters. The topological polar surface area (TPSA) is 63.6 Å². The number of halogens is 1. The summed E-state index contributed by atoms with van der Waals surface area (Å²) in [6.07, 6.45) is 3.76. The first-order chi connectivity index (χ1) is 9.65. The summed E-state index contributed by atoms with van der Waals surface area (Å²) in [4.78, 5) is 22.2. The highest BCUT2D eigenvalue weighted by Gasteiger charge is 2.33. The van der Waals surface area contributed by atoms with E-state index in [9.17, 15) is 9.59 Å². The molecule has 1 heterocycles. The van der Waals surface area contributed by atoms with Gasteiger partial charge in [0.05, 0.1) is 10.7 Å². The lowest BCUT2D eigenvalue weighted by molar-refractivity contribution is -0.140. The zero-order chi connectivity index (χ0) is 14.5. The molecule has 20 heavy (non-hydrogen) atoms. The van der Waals surface area contributed by atoms with E-state index in [0.29, 0.717) is 12.2 Å². The molecule has 0 saturated carbocycles. The van der Waals surface area contributed by atoms with Gasteiger partial charge in [-0.15, -0.1) is 0 Å². The van der Waals surface area contributed by atoms with Gasteiger partial charge < -0.3 is 14.6 Å². The Morgan fingerprint density at radius 2 is 2.25 bits per heavy atom. The fourth-order valence-electron chi connectivity index (χ4n) is 2.30. The number of aldehydes is 1. The molecule has 2 rings (SSSR count). The molecule has 4 nitrogen and oxygen atoms in total. The van der Waals surface area contributed by atoms with Gasteiger partial charge in [-0.25, -0.2) is 0 Å². The van der Waals surface area contributed by atoms with Crippen LogP contribution in [0.1, 0.15) is 24.0 Å². The predicted octanol–water partition coefficient (Wildman–Crippen LogP) is 2.04. The number of hydrogen-bond acceptors (Lipinski definition) is 4. The van der Waals surface area contributed by atoms with Crippen LogP contribution in [0.4, 0.5) is 0 Å². The number of carbonyl (C=O) groups excluding carboxylic acids is 2. The highest BCUT2D eigenvalue weighted by molar-refractivity contribution is 9.10. The Morgan fingerprint density at radius 1 is 1.45 bits per heavy atom. The summed E-state index contributed by atoms with van der Waals surface area (Å²) in [5, 5.41) is 8.77. The lowest BCUT2D eigenvalue weighted by Gasteiger charge is -2.24. The summed E-state index contributed by atoms with van der Waals surface area (Å²) in [6, 6.07) is 5.84. The average Bonchev–Trinajstić information content (AvgIpc) is 2.46. The summed E-state index contributed by atoms with van der Waals surface area (Å²) in [7, 11) is 0. The third-order valence-corrected chi connectivity index (χ3v) is 4.33. The second-order valence-corrected chi connectivity index (χ2v) is 5.99. The van der Waals surface area contributed by atoms with Crippen molar-refractivity contribution in [2.24, 2.45) is 5.92 Å². The molecular formula is C15H17BrO4. The first-order valence-electron chi connectivity index (χ1n) is 6.69. The molecule has 1 aromatic rings. The van der Waals surface area contributed by atoms with Gasteiger partial charge in [-0.3, -0.25) is 4.79 Å². The molecule has 1 aliphatic heterocycles. The number of alkyl halides is 1. The molecule has 1 aromatic carbocycles. The molecule has 2 unspecified atom stereocenters. The van der Waals surface area contributed by atoms with Crippen LogP contribution in [0.3, 0.4) is 0 Å². The Morgan fingerprint density at radius 3 is 2.95 bits per heavy atom. The quantitative estimate of drug-likeness (QED) is 0.283. The molecule has 0 saturated heterocycles. The van der Waals surface area contributed by atoms with Gasteiger partial charge in [0.15, 0.2) is 0 Å². The van der Waals surface area contributed by atoms with Crippen molar-refractivity contribution >= 4 is 28.2 Å². The van der Waals surface area contributed by atoms with Gasteiger partial charge in [-0.2, -0.15) is 0 Å². The zero-order valence-electron chi connectivity index (χ0n) is 11.0. The van der Waals surface area contributed by atoms with Crippen molar-refractivity contribution in [1.82, 2.24) is 0 Å². The number of benzene rings is 1. The van der Waals surface area contributed by atoms with Crippen LogP contribution in [-0.2, 0) is 22.4 Å². The largest absolute Gasteiger partial charge is 0.426 e. The van der Waals surface area contributed by atoms with E-state index in [4.69, 9.17) is 9.84 Å². The monoisotopic (exact) mass is 340 g/mol. The number of ether oxygens (including phenoxy) is 1. The maximum absolute atomic E-state index is 11.9. The van der Waals surface area contributed by atoms with E-state index in [2.05, 4.69) is 15.9 Å². The maximum Gasteiger partial charge on any atom is 0.316 e. The van der Waals surface area contributed by atoms with E-state index in [1.807, 2.05) is 18.2 Å². The molecule has 0 bridgehead atoms. The number of fused-ring (bicyclic) bond motifs is 1. The summed E-state index contributed by atoms with van der Waals surface area (Å²) >= 11 is 3.19. The van der Waals surface area contributed by atoms with Crippen LogP contribution in [0.25, 0.3) is 0 Å². The molecule has 0 spiro atoms. The Bertz CT molecular complexity index is 501. The van der Waals surface area contributed by atoms with Gasteiger partial charge in [0, 0.05) is 6.61 Å². The van der Waals surface area contributed by atoms with Crippen molar-refractivity contribution in [3.8, 4) is 5.75 Å². The number of carbonyl (C=O) groups is 2. The van der Waals surface area contributed by atoms with Crippen LogP contribution in [0, 0.1) is 5.92 Å². The van der Waals surface area contributed by atoms with E-state index < -0.39 is 10.7 Å². The molecule has 1 aliphatic rings. The van der Waals surface area contributed by atoms with Crippen molar-refractivity contribution in [3.63, 3.8) is 0 Å². The van der Waals surface area contributed by atoms with E-state index in [0.717, 1.165) is 36.7 Å². The zero-order valence-corrected chi connectivity index (χ0v) is 12.6. The summed E-state index contributed by atoms with van der Waals surface area (Å²) in [5.41, 5.74) is 2.04. The number of aliphatic hydroxyl groups is 1. The van der Waals surface area contributed by atoms with Crippen LogP contribution in [0.5, 0.6) is 5.75 Å². The second kappa shape index (κ2) is 6.99. The fraction of sp³-hybridized carbons (Fsp3) is 0.467. The van der Waals surface area contributed by atoms with E-state index in [1.165, 1.54) is 0 Å².